The lowest BCUT2D eigenvalue weighted by Crippen LogP contribution is -2.22. The molecule has 4 heteroatoms. The van der Waals surface area contributed by atoms with Crippen LogP contribution >= 0.6 is 0 Å². The zero-order chi connectivity index (χ0) is 14.5. The molecule has 0 saturated heterocycles. The van der Waals surface area contributed by atoms with Crippen molar-refractivity contribution in [2.24, 2.45) is 5.73 Å². The first-order chi connectivity index (χ1) is 9.61. The van der Waals surface area contributed by atoms with Crippen LogP contribution in [0.25, 0.3) is 0 Å². The van der Waals surface area contributed by atoms with E-state index in [9.17, 15) is 4.79 Å². The van der Waals surface area contributed by atoms with E-state index in [0.29, 0.717) is 17.8 Å². The molecule has 0 fully saturated rings. The molecule has 2 aromatic carbocycles. The molecule has 2 rings (SSSR count). The zero-order valence-electron chi connectivity index (χ0n) is 11.5. The normalized spacial score (nSPS) is 10.2. The maximum absolute atomic E-state index is 11.1. The van der Waals surface area contributed by atoms with Gasteiger partial charge < -0.3 is 16.4 Å². The fraction of sp³-hybridized carbons (Fsp3) is 0.188. The van der Waals surface area contributed by atoms with E-state index >= 15 is 0 Å². The fourth-order valence-corrected chi connectivity index (χ4v) is 2.12. The van der Waals surface area contributed by atoms with E-state index in [2.05, 4.69) is 24.0 Å². The molecule has 104 valence electrons. The van der Waals surface area contributed by atoms with E-state index in [4.69, 9.17) is 11.5 Å². The number of nitrogens with zero attached hydrogens (tertiary/aromatic N) is 1. The Hall–Kier alpha value is -2.49. The van der Waals surface area contributed by atoms with Crippen molar-refractivity contribution in [2.45, 2.75) is 13.5 Å². The van der Waals surface area contributed by atoms with Gasteiger partial charge in [-0.1, -0.05) is 24.3 Å². The average Bonchev–Trinajstić information content (AvgIpc) is 2.46. The summed E-state index contributed by atoms with van der Waals surface area (Å²) in [4.78, 5) is 13.3. The number of nitrogen functional groups attached to an aromatic ring is 1. The number of rotatable bonds is 5. The number of benzene rings is 2. The van der Waals surface area contributed by atoms with Crippen LogP contribution in [0.2, 0.25) is 0 Å². The Balaban J connectivity index is 2.22. The Kier molecular flexibility index (Phi) is 4.25. The van der Waals surface area contributed by atoms with Crippen molar-refractivity contribution in [3.63, 3.8) is 0 Å². The average molecular weight is 269 g/mol. The number of carbonyl (C=O) groups is 1. The van der Waals surface area contributed by atoms with Gasteiger partial charge in [0.25, 0.3) is 0 Å². The first kappa shape index (κ1) is 13.9. The number of primary amides is 1. The van der Waals surface area contributed by atoms with Crippen LogP contribution < -0.4 is 16.4 Å². The molecule has 2 aromatic rings. The zero-order valence-corrected chi connectivity index (χ0v) is 11.5. The molecule has 0 aliphatic rings. The monoisotopic (exact) mass is 269 g/mol. The van der Waals surface area contributed by atoms with Crippen LogP contribution in [0.1, 0.15) is 22.8 Å². The van der Waals surface area contributed by atoms with Crippen molar-refractivity contribution in [1.82, 2.24) is 0 Å². The molecule has 0 bridgehead atoms. The van der Waals surface area contributed by atoms with Crippen LogP contribution in [0.15, 0.2) is 48.5 Å². The number of nitrogens with two attached hydrogens (primary N) is 2. The lowest BCUT2D eigenvalue weighted by Gasteiger charge is -2.24. The Bertz CT molecular complexity index is 596. The molecule has 0 unspecified atom stereocenters. The molecule has 0 heterocycles. The maximum atomic E-state index is 11.1. The molecule has 0 atom stereocenters. The summed E-state index contributed by atoms with van der Waals surface area (Å²) in [5, 5.41) is 0. The first-order valence-corrected chi connectivity index (χ1v) is 6.60. The summed E-state index contributed by atoms with van der Waals surface area (Å²) in [6.07, 6.45) is 0. The number of para-hydroxylation sites is 1. The SMILES string of the molecule is CCN(Cc1ccc(C(N)=O)cc1N)c1ccccc1. The largest absolute Gasteiger partial charge is 0.398 e. The van der Waals surface area contributed by atoms with Crippen LogP contribution in [-0.2, 0) is 6.54 Å². The van der Waals surface area contributed by atoms with E-state index in [1.54, 1.807) is 12.1 Å². The molecule has 4 nitrogen and oxygen atoms in total. The Morgan fingerprint density at radius 2 is 1.85 bits per heavy atom. The molecule has 0 radical (unpaired) electrons. The van der Waals surface area contributed by atoms with Crippen molar-refractivity contribution in [3.05, 3.63) is 59.7 Å². The summed E-state index contributed by atoms with van der Waals surface area (Å²) in [7, 11) is 0. The number of anilines is 2. The quantitative estimate of drug-likeness (QED) is 0.819. The van der Waals surface area contributed by atoms with Crippen LogP contribution in [-0.4, -0.2) is 12.5 Å². The smallest absolute Gasteiger partial charge is 0.248 e. The molecule has 0 saturated carbocycles. The topological polar surface area (TPSA) is 72.3 Å². The van der Waals surface area contributed by atoms with Crippen molar-refractivity contribution >= 4 is 17.3 Å². The summed E-state index contributed by atoms with van der Waals surface area (Å²) in [6.45, 7) is 3.67. The predicted octanol–water partition coefficient (Wildman–Crippen LogP) is 2.39. The van der Waals surface area contributed by atoms with E-state index in [1.807, 2.05) is 24.3 Å². The number of carbonyl (C=O) groups excluding carboxylic acids is 1. The summed E-state index contributed by atoms with van der Waals surface area (Å²) in [5.74, 6) is -0.460. The van der Waals surface area contributed by atoms with E-state index in [0.717, 1.165) is 17.8 Å². The van der Waals surface area contributed by atoms with Crippen molar-refractivity contribution in [2.75, 3.05) is 17.2 Å². The molecule has 0 spiro atoms. The second kappa shape index (κ2) is 6.10. The molecule has 20 heavy (non-hydrogen) atoms. The number of hydrogen-bond acceptors (Lipinski definition) is 3. The van der Waals surface area contributed by atoms with Crippen molar-refractivity contribution < 1.29 is 4.79 Å². The fourth-order valence-electron chi connectivity index (χ4n) is 2.12. The summed E-state index contributed by atoms with van der Waals surface area (Å²) in [5.41, 5.74) is 14.4. The van der Waals surface area contributed by atoms with Gasteiger partial charge in [-0.05, 0) is 36.8 Å². The molecule has 0 aromatic heterocycles. The highest BCUT2D eigenvalue weighted by Gasteiger charge is 2.09. The summed E-state index contributed by atoms with van der Waals surface area (Å²) < 4.78 is 0. The van der Waals surface area contributed by atoms with Gasteiger partial charge in [0, 0.05) is 30.0 Å². The van der Waals surface area contributed by atoms with Crippen LogP contribution in [0.3, 0.4) is 0 Å². The molecular weight excluding hydrogens is 250 g/mol. The first-order valence-electron chi connectivity index (χ1n) is 6.60. The Labute approximate surface area is 119 Å². The van der Waals surface area contributed by atoms with Gasteiger partial charge in [0.1, 0.15) is 0 Å². The van der Waals surface area contributed by atoms with Gasteiger partial charge in [-0.3, -0.25) is 4.79 Å². The Morgan fingerprint density at radius 1 is 1.15 bits per heavy atom. The molecule has 0 aliphatic heterocycles. The minimum atomic E-state index is -0.460. The van der Waals surface area contributed by atoms with Gasteiger partial charge in [0.2, 0.25) is 5.91 Å². The van der Waals surface area contributed by atoms with Crippen molar-refractivity contribution in [3.8, 4) is 0 Å². The Morgan fingerprint density at radius 3 is 2.40 bits per heavy atom. The highest BCUT2D eigenvalue weighted by Crippen LogP contribution is 2.20. The lowest BCUT2D eigenvalue weighted by molar-refractivity contribution is 0.100. The van der Waals surface area contributed by atoms with Gasteiger partial charge in [-0.25, -0.2) is 0 Å². The lowest BCUT2D eigenvalue weighted by atomic mass is 10.1. The van der Waals surface area contributed by atoms with E-state index < -0.39 is 5.91 Å². The van der Waals surface area contributed by atoms with Gasteiger partial charge >= 0.3 is 0 Å². The second-order valence-electron chi connectivity index (χ2n) is 4.63. The predicted molar refractivity (Wildman–Crippen MR) is 82.5 cm³/mol. The highest BCUT2D eigenvalue weighted by atomic mass is 16.1. The third-order valence-corrected chi connectivity index (χ3v) is 3.29. The van der Waals surface area contributed by atoms with E-state index in [-0.39, 0.29) is 0 Å². The van der Waals surface area contributed by atoms with Gasteiger partial charge in [0.15, 0.2) is 0 Å². The summed E-state index contributed by atoms with van der Waals surface area (Å²) >= 11 is 0. The minimum absolute atomic E-state index is 0.439. The summed E-state index contributed by atoms with van der Waals surface area (Å²) in [6, 6.07) is 15.4. The van der Waals surface area contributed by atoms with Gasteiger partial charge in [-0.2, -0.15) is 0 Å². The number of hydrogen-bond donors (Lipinski definition) is 2. The minimum Gasteiger partial charge on any atom is -0.398 e. The highest BCUT2D eigenvalue weighted by molar-refractivity contribution is 5.93. The van der Waals surface area contributed by atoms with Crippen LogP contribution in [0.4, 0.5) is 11.4 Å². The van der Waals surface area contributed by atoms with Gasteiger partial charge in [0.05, 0.1) is 0 Å². The van der Waals surface area contributed by atoms with Crippen molar-refractivity contribution in [1.29, 1.82) is 0 Å². The second-order valence-corrected chi connectivity index (χ2v) is 4.63. The van der Waals surface area contributed by atoms with Crippen LogP contribution in [0, 0.1) is 0 Å². The van der Waals surface area contributed by atoms with E-state index in [1.165, 1.54) is 0 Å². The maximum Gasteiger partial charge on any atom is 0.248 e. The molecule has 4 N–H and O–H groups in total. The van der Waals surface area contributed by atoms with Gasteiger partial charge in [-0.15, -0.1) is 0 Å². The van der Waals surface area contributed by atoms with Crippen LogP contribution in [0.5, 0.6) is 0 Å². The molecule has 1 amide bonds. The standard InChI is InChI=1S/C16H19N3O/c1-2-19(14-6-4-3-5-7-14)11-13-9-8-12(16(18)20)10-15(13)17/h3-10H,2,11,17H2,1H3,(H2,18,20). The third-order valence-electron chi connectivity index (χ3n) is 3.29. The third kappa shape index (κ3) is 3.09. The molecule has 0 aliphatic carbocycles. The molecular formula is C16H19N3O. The number of amides is 1.